The Bertz CT molecular complexity index is 320. The van der Waals surface area contributed by atoms with E-state index < -0.39 is 0 Å². The van der Waals surface area contributed by atoms with Crippen molar-refractivity contribution in [2.45, 2.75) is 50.6 Å². The van der Waals surface area contributed by atoms with Crippen LogP contribution in [0.5, 0.6) is 0 Å². The molecule has 5 nitrogen and oxygen atoms in total. The molecule has 0 aromatic carbocycles. The Labute approximate surface area is 95.7 Å². The molecule has 1 heterocycles. The average Bonchev–Trinajstić information content (AvgIpc) is 2.79. The van der Waals surface area contributed by atoms with Crippen LogP contribution in [0.15, 0.2) is 6.33 Å². The number of nitrogens with two attached hydrogens (primary N) is 1. The van der Waals surface area contributed by atoms with Crippen LogP contribution in [-0.4, -0.2) is 26.5 Å². The Hall–Kier alpha value is -0.940. The van der Waals surface area contributed by atoms with E-state index in [1.807, 2.05) is 0 Å². The van der Waals surface area contributed by atoms with Crippen molar-refractivity contribution in [3.63, 3.8) is 0 Å². The van der Waals surface area contributed by atoms with Crippen LogP contribution in [0.4, 0.5) is 0 Å². The lowest BCUT2D eigenvalue weighted by Gasteiger charge is -2.25. The lowest BCUT2D eigenvalue weighted by atomic mass is 9.95. The number of rotatable bonds is 4. The van der Waals surface area contributed by atoms with Crippen LogP contribution in [0.1, 0.15) is 56.4 Å². The molecule has 1 aliphatic carbocycles. The fraction of sp³-hybridized carbons (Fsp3) is 0.818. The van der Waals surface area contributed by atoms with Gasteiger partial charge in [-0.2, -0.15) is 0 Å². The molecule has 0 saturated heterocycles. The van der Waals surface area contributed by atoms with Crippen LogP contribution >= 0.6 is 0 Å². The van der Waals surface area contributed by atoms with Crippen LogP contribution in [0.25, 0.3) is 0 Å². The number of aliphatic hydroxyl groups excluding tert-OH is 1. The van der Waals surface area contributed by atoms with Crippen molar-refractivity contribution in [2.75, 3.05) is 6.61 Å². The average molecular weight is 224 g/mol. The van der Waals surface area contributed by atoms with Gasteiger partial charge >= 0.3 is 0 Å². The summed E-state index contributed by atoms with van der Waals surface area (Å²) in [6.45, 7) is 0.0959. The lowest BCUT2D eigenvalue weighted by molar-refractivity contribution is 0.269. The monoisotopic (exact) mass is 224 g/mol. The zero-order valence-corrected chi connectivity index (χ0v) is 9.55. The van der Waals surface area contributed by atoms with E-state index in [-0.39, 0.29) is 12.6 Å². The first kappa shape index (κ1) is 11.5. The van der Waals surface area contributed by atoms with Gasteiger partial charge in [-0.05, 0) is 19.3 Å². The van der Waals surface area contributed by atoms with Gasteiger partial charge in [0, 0.05) is 12.6 Å². The van der Waals surface area contributed by atoms with Gasteiger partial charge in [-0.25, -0.2) is 0 Å². The molecule has 0 amide bonds. The van der Waals surface area contributed by atoms with Gasteiger partial charge < -0.3 is 15.4 Å². The smallest absolute Gasteiger partial charge is 0.150 e. The molecule has 1 fully saturated rings. The molecule has 1 atom stereocenters. The fourth-order valence-electron chi connectivity index (χ4n) is 2.43. The third-order valence-corrected chi connectivity index (χ3v) is 3.34. The fourth-order valence-corrected chi connectivity index (χ4v) is 2.43. The normalized spacial score (nSPS) is 19.9. The first-order valence-electron chi connectivity index (χ1n) is 6.08. The SMILES string of the molecule is NC(CCO)c1nncn1C1CCCCC1. The van der Waals surface area contributed by atoms with Crippen LogP contribution < -0.4 is 5.73 Å². The minimum atomic E-state index is -0.200. The Balaban J connectivity index is 2.11. The summed E-state index contributed by atoms with van der Waals surface area (Å²) in [5, 5.41) is 16.9. The molecular weight excluding hydrogens is 204 g/mol. The summed E-state index contributed by atoms with van der Waals surface area (Å²) in [5.41, 5.74) is 5.97. The van der Waals surface area contributed by atoms with E-state index in [2.05, 4.69) is 14.8 Å². The largest absolute Gasteiger partial charge is 0.396 e. The molecule has 1 aliphatic rings. The van der Waals surface area contributed by atoms with Crippen molar-refractivity contribution >= 4 is 0 Å². The maximum Gasteiger partial charge on any atom is 0.150 e. The highest BCUT2D eigenvalue weighted by molar-refractivity contribution is 4.96. The summed E-state index contributed by atoms with van der Waals surface area (Å²) in [4.78, 5) is 0. The minimum Gasteiger partial charge on any atom is -0.396 e. The van der Waals surface area contributed by atoms with E-state index in [0.29, 0.717) is 12.5 Å². The van der Waals surface area contributed by atoms with E-state index in [1.165, 1.54) is 32.1 Å². The Morgan fingerprint density at radius 3 is 2.88 bits per heavy atom. The molecule has 2 rings (SSSR count). The standard InChI is InChI=1S/C11H20N4O/c12-10(6-7-16)11-14-13-8-15(11)9-4-2-1-3-5-9/h8-10,16H,1-7,12H2. The van der Waals surface area contributed by atoms with Crippen molar-refractivity contribution in [3.8, 4) is 0 Å². The number of nitrogens with zero attached hydrogens (tertiary/aromatic N) is 3. The minimum absolute atomic E-state index is 0.0959. The topological polar surface area (TPSA) is 77.0 Å². The molecule has 16 heavy (non-hydrogen) atoms. The second kappa shape index (κ2) is 5.41. The maximum atomic E-state index is 8.90. The Kier molecular flexibility index (Phi) is 3.90. The number of hydrogen-bond donors (Lipinski definition) is 2. The summed E-state index contributed by atoms with van der Waals surface area (Å²) >= 11 is 0. The first-order chi connectivity index (χ1) is 7.83. The third kappa shape index (κ3) is 2.41. The highest BCUT2D eigenvalue weighted by Gasteiger charge is 2.21. The molecule has 1 unspecified atom stereocenters. The van der Waals surface area contributed by atoms with E-state index >= 15 is 0 Å². The molecule has 90 valence electrons. The predicted octanol–water partition coefficient (Wildman–Crippen LogP) is 1.17. The highest BCUT2D eigenvalue weighted by atomic mass is 16.3. The highest BCUT2D eigenvalue weighted by Crippen LogP contribution is 2.29. The van der Waals surface area contributed by atoms with Crippen molar-refractivity contribution in [1.82, 2.24) is 14.8 Å². The van der Waals surface area contributed by atoms with Crippen molar-refractivity contribution < 1.29 is 5.11 Å². The summed E-state index contributed by atoms with van der Waals surface area (Å²) < 4.78 is 2.11. The molecular formula is C11H20N4O. The van der Waals surface area contributed by atoms with Gasteiger partial charge in [-0.15, -0.1) is 10.2 Å². The molecule has 1 aromatic rings. The van der Waals surface area contributed by atoms with Crippen molar-refractivity contribution in [1.29, 1.82) is 0 Å². The molecule has 3 N–H and O–H groups in total. The summed E-state index contributed by atoms with van der Waals surface area (Å²) in [6.07, 6.45) is 8.59. The van der Waals surface area contributed by atoms with Gasteiger partial charge in [-0.3, -0.25) is 0 Å². The van der Waals surface area contributed by atoms with E-state index in [1.54, 1.807) is 6.33 Å². The van der Waals surface area contributed by atoms with Crippen LogP contribution in [0, 0.1) is 0 Å². The van der Waals surface area contributed by atoms with Crippen molar-refractivity contribution in [3.05, 3.63) is 12.2 Å². The third-order valence-electron chi connectivity index (χ3n) is 3.34. The predicted molar refractivity (Wildman–Crippen MR) is 60.8 cm³/mol. The van der Waals surface area contributed by atoms with Gasteiger partial charge in [0.05, 0.1) is 6.04 Å². The van der Waals surface area contributed by atoms with Gasteiger partial charge in [0.25, 0.3) is 0 Å². The van der Waals surface area contributed by atoms with Crippen LogP contribution in [-0.2, 0) is 0 Å². The first-order valence-corrected chi connectivity index (χ1v) is 6.08. The van der Waals surface area contributed by atoms with Gasteiger partial charge in [-0.1, -0.05) is 19.3 Å². The molecule has 1 aromatic heterocycles. The lowest BCUT2D eigenvalue weighted by Crippen LogP contribution is -2.21. The zero-order valence-electron chi connectivity index (χ0n) is 9.55. The van der Waals surface area contributed by atoms with E-state index in [9.17, 15) is 0 Å². The summed E-state index contributed by atoms with van der Waals surface area (Å²) in [6, 6.07) is 0.304. The number of hydrogen-bond acceptors (Lipinski definition) is 4. The second-order valence-electron chi connectivity index (χ2n) is 4.51. The molecule has 0 bridgehead atoms. The Morgan fingerprint density at radius 2 is 2.19 bits per heavy atom. The Morgan fingerprint density at radius 1 is 1.44 bits per heavy atom. The molecule has 0 radical (unpaired) electrons. The maximum absolute atomic E-state index is 8.90. The number of aliphatic hydroxyl groups is 1. The number of aromatic nitrogens is 3. The van der Waals surface area contributed by atoms with Gasteiger partial charge in [0.1, 0.15) is 12.2 Å². The quantitative estimate of drug-likeness (QED) is 0.804. The van der Waals surface area contributed by atoms with Gasteiger partial charge in [0.15, 0.2) is 0 Å². The summed E-state index contributed by atoms with van der Waals surface area (Å²) in [5.74, 6) is 0.820. The zero-order chi connectivity index (χ0) is 11.4. The van der Waals surface area contributed by atoms with Gasteiger partial charge in [0.2, 0.25) is 0 Å². The van der Waals surface area contributed by atoms with Crippen LogP contribution in [0.2, 0.25) is 0 Å². The molecule has 5 heteroatoms. The second-order valence-corrected chi connectivity index (χ2v) is 4.51. The van der Waals surface area contributed by atoms with Crippen molar-refractivity contribution in [2.24, 2.45) is 5.73 Å². The molecule has 0 spiro atoms. The van der Waals surface area contributed by atoms with Crippen LogP contribution in [0.3, 0.4) is 0 Å². The summed E-state index contributed by atoms with van der Waals surface area (Å²) in [7, 11) is 0. The molecule has 0 aliphatic heterocycles. The molecule has 1 saturated carbocycles. The van der Waals surface area contributed by atoms with E-state index in [0.717, 1.165) is 5.82 Å². The van der Waals surface area contributed by atoms with E-state index in [4.69, 9.17) is 10.8 Å².